The van der Waals surface area contributed by atoms with E-state index < -0.39 is 0 Å². The van der Waals surface area contributed by atoms with Crippen molar-refractivity contribution in [1.82, 2.24) is 4.90 Å². The van der Waals surface area contributed by atoms with E-state index in [4.69, 9.17) is 16.3 Å². The summed E-state index contributed by atoms with van der Waals surface area (Å²) in [6.45, 7) is 8.35. The van der Waals surface area contributed by atoms with Gasteiger partial charge in [0.2, 0.25) is 0 Å². The third-order valence-electron chi connectivity index (χ3n) is 3.15. The number of hydrogen-bond donors (Lipinski definition) is 0. The molecule has 1 fully saturated rings. The highest BCUT2D eigenvalue weighted by molar-refractivity contribution is 6.18. The zero-order chi connectivity index (χ0) is 11.8. The SMILES string of the molecule is CC(C)COCCN1CCCCCC1CCl. The molecule has 0 bridgehead atoms. The van der Waals surface area contributed by atoms with E-state index in [1.54, 1.807) is 0 Å². The molecule has 1 aliphatic heterocycles. The quantitative estimate of drug-likeness (QED) is 0.528. The van der Waals surface area contributed by atoms with E-state index >= 15 is 0 Å². The Morgan fingerprint density at radius 1 is 1.31 bits per heavy atom. The zero-order valence-corrected chi connectivity index (χ0v) is 11.5. The summed E-state index contributed by atoms with van der Waals surface area (Å²) in [4.78, 5) is 2.51. The molecule has 16 heavy (non-hydrogen) atoms. The summed E-state index contributed by atoms with van der Waals surface area (Å²) in [7, 11) is 0. The molecule has 0 aromatic carbocycles. The van der Waals surface area contributed by atoms with Crippen LogP contribution >= 0.6 is 11.6 Å². The first-order valence-corrected chi connectivity index (χ1v) is 7.15. The molecule has 3 heteroatoms. The summed E-state index contributed by atoms with van der Waals surface area (Å²) in [5.74, 6) is 1.40. The standard InChI is InChI=1S/C13H26ClNO/c1-12(2)11-16-9-8-15-7-5-3-4-6-13(15)10-14/h12-13H,3-11H2,1-2H3. The zero-order valence-electron chi connectivity index (χ0n) is 10.8. The van der Waals surface area contributed by atoms with Crippen molar-refractivity contribution in [3.63, 3.8) is 0 Å². The maximum atomic E-state index is 6.03. The van der Waals surface area contributed by atoms with Crippen molar-refractivity contribution in [3.8, 4) is 0 Å². The van der Waals surface area contributed by atoms with Gasteiger partial charge in [-0.15, -0.1) is 11.6 Å². The van der Waals surface area contributed by atoms with E-state index in [-0.39, 0.29) is 0 Å². The molecule has 96 valence electrons. The minimum absolute atomic E-state index is 0.576. The van der Waals surface area contributed by atoms with Crippen molar-refractivity contribution >= 4 is 11.6 Å². The molecule has 0 radical (unpaired) electrons. The van der Waals surface area contributed by atoms with Crippen LogP contribution in [0.2, 0.25) is 0 Å². The first kappa shape index (κ1) is 14.3. The molecule has 0 amide bonds. The maximum Gasteiger partial charge on any atom is 0.0593 e. The summed E-state index contributed by atoms with van der Waals surface area (Å²) in [5.41, 5.74) is 0. The highest BCUT2D eigenvalue weighted by Gasteiger charge is 2.19. The molecule has 2 nitrogen and oxygen atoms in total. The number of ether oxygens (including phenoxy) is 1. The van der Waals surface area contributed by atoms with Gasteiger partial charge in [-0.2, -0.15) is 0 Å². The molecule has 0 spiro atoms. The van der Waals surface area contributed by atoms with Crippen molar-refractivity contribution in [2.45, 2.75) is 45.6 Å². The van der Waals surface area contributed by atoms with Crippen molar-refractivity contribution in [1.29, 1.82) is 0 Å². The van der Waals surface area contributed by atoms with Crippen LogP contribution in [-0.2, 0) is 4.74 Å². The molecule has 1 saturated heterocycles. The van der Waals surface area contributed by atoms with Gasteiger partial charge in [-0.25, -0.2) is 0 Å². The Kier molecular flexibility index (Phi) is 7.42. The fourth-order valence-corrected chi connectivity index (χ4v) is 2.56. The van der Waals surface area contributed by atoms with Gasteiger partial charge in [-0.3, -0.25) is 4.90 Å². The number of hydrogen-bond acceptors (Lipinski definition) is 2. The van der Waals surface area contributed by atoms with E-state index in [9.17, 15) is 0 Å². The molecule has 0 aromatic heterocycles. The lowest BCUT2D eigenvalue weighted by molar-refractivity contribution is 0.0758. The van der Waals surface area contributed by atoms with Crippen LogP contribution in [0.5, 0.6) is 0 Å². The molecule has 0 aliphatic carbocycles. The predicted molar refractivity (Wildman–Crippen MR) is 70.2 cm³/mol. The fraction of sp³-hybridized carbons (Fsp3) is 1.00. The van der Waals surface area contributed by atoms with E-state index in [1.807, 2.05) is 0 Å². The van der Waals surface area contributed by atoms with Crippen LogP contribution in [0.25, 0.3) is 0 Å². The Morgan fingerprint density at radius 3 is 2.81 bits per heavy atom. The first-order valence-electron chi connectivity index (χ1n) is 6.61. The number of alkyl halides is 1. The third-order valence-corrected chi connectivity index (χ3v) is 3.51. The van der Waals surface area contributed by atoms with Crippen molar-refractivity contribution in [2.75, 3.05) is 32.2 Å². The van der Waals surface area contributed by atoms with E-state index in [1.165, 1.54) is 32.2 Å². The van der Waals surface area contributed by atoms with Gasteiger partial charge in [-0.05, 0) is 25.3 Å². The van der Waals surface area contributed by atoms with Crippen LogP contribution in [0.15, 0.2) is 0 Å². The average Bonchev–Trinajstić information content (AvgIpc) is 2.48. The van der Waals surface area contributed by atoms with Gasteiger partial charge in [-0.1, -0.05) is 26.7 Å². The molecule has 1 rings (SSSR count). The Hall–Kier alpha value is 0.210. The number of likely N-dealkylation sites (tertiary alicyclic amines) is 1. The summed E-state index contributed by atoms with van der Waals surface area (Å²) in [6.07, 6.45) is 5.27. The lowest BCUT2D eigenvalue weighted by Crippen LogP contribution is -2.38. The smallest absolute Gasteiger partial charge is 0.0593 e. The van der Waals surface area contributed by atoms with Crippen molar-refractivity contribution in [3.05, 3.63) is 0 Å². The molecule has 1 aliphatic rings. The molecule has 1 unspecified atom stereocenters. The minimum atomic E-state index is 0.576. The van der Waals surface area contributed by atoms with E-state index in [2.05, 4.69) is 18.7 Å². The Morgan fingerprint density at radius 2 is 2.12 bits per heavy atom. The van der Waals surface area contributed by atoms with Crippen molar-refractivity contribution in [2.24, 2.45) is 5.92 Å². The van der Waals surface area contributed by atoms with Gasteiger partial charge in [0.15, 0.2) is 0 Å². The molecule has 0 saturated carbocycles. The second kappa shape index (κ2) is 8.32. The summed E-state index contributed by atoms with van der Waals surface area (Å²) in [6, 6.07) is 0.576. The molecular formula is C13H26ClNO. The second-order valence-corrected chi connectivity index (χ2v) is 5.47. The topological polar surface area (TPSA) is 12.5 Å². The van der Waals surface area contributed by atoms with E-state index in [0.717, 1.165) is 25.6 Å². The van der Waals surface area contributed by atoms with Gasteiger partial charge in [0.05, 0.1) is 6.61 Å². The second-order valence-electron chi connectivity index (χ2n) is 5.16. The highest BCUT2D eigenvalue weighted by atomic mass is 35.5. The number of halogens is 1. The van der Waals surface area contributed by atoms with E-state index in [0.29, 0.717) is 12.0 Å². The Balaban J connectivity index is 2.20. The minimum Gasteiger partial charge on any atom is -0.380 e. The molecule has 1 atom stereocenters. The normalized spacial score (nSPS) is 23.6. The molecule has 1 heterocycles. The van der Waals surface area contributed by atoms with Gasteiger partial charge in [0.1, 0.15) is 0 Å². The lowest BCUT2D eigenvalue weighted by Gasteiger charge is -2.28. The van der Waals surface area contributed by atoms with Gasteiger partial charge >= 0.3 is 0 Å². The molecule has 0 aromatic rings. The third kappa shape index (κ3) is 5.51. The number of nitrogens with zero attached hydrogens (tertiary/aromatic N) is 1. The molecule has 0 N–H and O–H groups in total. The van der Waals surface area contributed by atoms with Gasteiger partial charge in [0.25, 0.3) is 0 Å². The largest absolute Gasteiger partial charge is 0.380 e. The monoisotopic (exact) mass is 247 g/mol. The van der Waals surface area contributed by atoms with Crippen LogP contribution in [-0.4, -0.2) is 43.1 Å². The summed E-state index contributed by atoms with van der Waals surface area (Å²) >= 11 is 6.03. The first-order chi connectivity index (χ1) is 7.74. The Labute approximate surface area is 105 Å². The van der Waals surface area contributed by atoms with Crippen molar-refractivity contribution < 1.29 is 4.74 Å². The molecular weight excluding hydrogens is 222 g/mol. The van der Waals surface area contributed by atoms with Gasteiger partial charge < -0.3 is 4.74 Å². The van der Waals surface area contributed by atoms with Crippen LogP contribution in [0.3, 0.4) is 0 Å². The maximum absolute atomic E-state index is 6.03. The summed E-state index contributed by atoms with van der Waals surface area (Å²) in [5, 5.41) is 0. The predicted octanol–water partition coefficient (Wildman–Crippen LogP) is 3.14. The fourth-order valence-electron chi connectivity index (χ4n) is 2.21. The van der Waals surface area contributed by atoms with Crippen LogP contribution < -0.4 is 0 Å². The lowest BCUT2D eigenvalue weighted by atomic mass is 10.1. The highest BCUT2D eigenvalue weighted by Crippen LogP contribution is 2.17. The van der Waals surface area contributed by atoms with Crippen LogP contribution in [0.1, 0.15) is 39.5 Å². The average molecular weight is 248 g/mol. The Bertz CT molecular complexity index is 175. The van der Waals surface area contributed by atoms with Crippen LogP contribution in [0, 0.1) is 5.92 Å². The van der Waals surface area contributed by atoms with Crippen LogP contribution in [0.4, 0.5) is 0 Å². The van der Waals surface area contributed by atoms with Gasteiger partial charge in [0, 0.05) is 25.1 Å². The number of rotatable bonds is 6. The summed E-state index contributed by atoms with van der Waals surface area (Å²) < 4.78 is 5.65.